The van der Waals surface area contributed by atoms with Crippen LogP contribution in [0.5, 0.6) is 0 Å². The van der Waals surface area contributed by atoms with Crippen molar-refractivity contribution >= 4 is 81.6 Å². The number of anilines is 3. The predicted octanol–water partition coefficient (Wildman–Crippen LogP) is 12.9. The van der Waals surface area contributed by atoms with Crippen molar-refractivity contribution in [2.45, 2.75) is 0 Å². The summed E-state index contributed by atoms with van der Waals surface area (Å²) in [6.07, 6.45) is 0. The number of fused-ring (bicyclic) bond motifs is 7. The summed E-state index contributed by atoms with van der Waals surface area (Å²) < 4.78 is 14.9. The minimum Gasteiger partial charge on any atom is -0.456 e. The van der Waals surface area contributed by atoms with Crippen molar-refractivity contribution < 1.29 is 8.83 Å². The molecule has 0 saturated heterocycles. The quantitative estimate of drug-likeness (QED) is 0.189. The van der Waals surface area contributed by atoms with Gasteiger partial charge in [-0.25, -0.2) is 4.98 Å². The van der Waals surface area contributed by atoms with E-state index in [-0.39, 0.29) is 0 Å². The summed E-state index contributed by atoms with van der Waals surface area (Å²) in [5.41, 5.74) is 10.0. The molecule has 5 heteroatoms. The minimum absolute atomic E-state index is 0.649. The molecule has 0 aliphatic carbocycles. The first-order valence-electron chi connectivity index (χ1n) is 15.9. The number of nitrogens with zero attached hydrogens (tertiary/aromatic N) is 2. The Morgan fingerprint density at radius 1 is 0.458 bits per heavy atom. The van der Waals surface area contributed by atoms with Crippen LogP contribution >= 0.6 is 11.3 Å². The van der Waals surface area contributed by atoms with Crippen molar-refractivity contribution in [3.05, 3.63) is 158 Å². The number of furan rings is 1. The van der Waals surface area contributed by atoms with Gasteiger partial charge in [-0.1, -0.05) is 84.9 Å². The zero-order valence-corrected chi connectivity index (χ0v) is 26.4. The summed E-state index contributed by atoms with van der Waals surface area (Å²) in [5.74, 6) is 0.649. The molecular weight excluding hydrogens is 609 g/mol. The van der Waals surface area contributed by atoms with E-state index in [9.17, 15) is 0 Å². The molecule has 0 bridgehead atoms. The summed E-state index contributed by atoms with van der Waals surface area (Å²) >= 11 is 1.81. The Morgan fingerprint density at radius 3 is 2.02 bits per heavy atom. The van der Waals surface area contributed by atoms with E-state index < -0.39 is 0 Å². The number of oxazole rings is 1. The molecule has 3 aromatic heterocycles. The molecule has 4 nitrogen and oxygen atoms in total. The highest BCUT2D eigenvalue weighted by atomic mass is 32.1. The molecule has 0 spiro atoms. The average molecular weight is 635 g/mol. The third kappa shape index (κ3) is 4.33. The molecular formula is C43H26N2O2S. The fourth-order valence-electron chi connectivity index (χ4n) is 6.82. The third-order valence-corrected chi connectivity index (χ3v) is 10.3. The second-order valence-electron chi connectivity index (χ2n) is 12.0. The second-order valence-corrected chi connectivity index (χ2v) is 13.0. The molecule has 0 N–H and O–H groups in total. The van der Waals surface area contributed by atoms with Gasteiger partial charge in [-0.3, -0.25) is 0 Å². The van der Waals surface area contributed by atoms with E-state index in [1.165, 1.54) is 31.3 Å². The zero-order valence-electron chi connectivity index (χ0n) is 25.6. The van der Waals surface area contributed by atoms with Gasteiger partial charge in [0.1, 0.15) is 16.7 Å². The summed E-state index contributed by atoms with van der Waals surface area (Å²) in [4.78, 5) is 7.10. The maximum atomic E-state index is 6.27. The molecule has 3 heterocycles. The topological polar surface area (TPSA) is 42.4 Å². The second kappa shape index (κ2) is 10.7. The Bertz CT molecular complexity index is 2780. The molecule has 0 atom stereocenters. The van der Waals surface area contributed by atoms with Gasteiger partial charge >= 0.3 is 0 Å². The van der Waals surface area contributed by atoms with E-state index in [4.69, 9.17) is 13.8 Å². The van der Waals surface area contributed by atoms with E-state index in [2.05, 4.69) is 114 Å². The molecule has 48 heavy (non-hydrogen) atoms. The highest BCUT2D eigenvalue weighted by Gasteiger charge is 2.18. The first-order chi connectivity index (χ1) is 23.8. The van der Waals surface area contributed by atoms with Gasteiger partial charge in [-0.2, -0.15) is 0 Å². The van der Waals surface area contributed by atoms with Crippen LogP contribution in [0.4, 0.5) is 17.1 Å². The first-order valence-corrected chi connectivity index (χ1v) is 16.8. The first kappa shape index (κ1) is 27.0. The maximum Gasteiger partial charge on any atom is 0.227 e. The normalized spacial score (nSPS) is 11.8. The fraction of sp³-hybridized carbons (Fsp3) is 0. The van der Waals surface area contributed by atoms with Gasteiger partial charge in [0.15, 0.2) is 5.58 Å². The van der Waals surface area contributed by atoms with Crippen molar-refractivity contribution in [2.24, 2.45) is 0 Å². The van der Waals surface area contributed by atoms with Crippen LogP contribution < -0.4 is 4.90 Å². The van der Waals surface area contributed by atoms with Gasteiger partial charge < -0.3 is 13.7 Å². The number of hydrogen-bond donors (Lipinski definition) is 0. The molecule has 226 valence electrons. The molecule has 0 unspecified atom stereocenters. The lowest BCUT2D eigenvalue weighted by Crippen LogP contribution is -2.09. The minimum atomic E-state index is 0.649. The molecule has 10 rings (SSSR count). The Labute approximate surface area is 279 Å². The lowest BCUT2D eigenvalue weighted by atomic mass is 10.0. The summed E-state index contributed by atoms with van der Waals surface area (Å²) in [7, 11) is 0. The van der Waals surface area contributed by atoms with Crippen LogP contribution in [-0.4, -0.2) is 4.98 Å². The number of thiophene rings is 1. The molecule has 0 amide bonds. The van der Waals surface area contributed by atoms with Crippen LogP contribution in [0.1, 0.15) is 0 Å². The molecule has 0 saturated carbocycles. The average Bonchev–Trinajstić information content (AvgIpc) is 3.84. The zero-order chi connectivity index (χ0) is 31.6. The van der Waals surface area contributed by atoms with Gasteiger partial charge in [-0.15, -0.1) is 11.3 Å². The van der Waals surface area contributed by atoms with Gasteiger partial charge in [0, 0.05) is 59.6 Å². The number of benzene rings is 7. The standard InChI is InChI=1S/C43H26N2O2S/c1-3-10-28(11-4-1)43-44-37-26-41-36(25-40(37)47-43)35-16-9-15-32(42(35)48-41)27-18-20-30(21-19-27)45(29-12-5-2-6-13-29)31-22-23-34-33-14-7-8-17-38(33)46-39(34)24-31/h1-26H. The van der Waals surface area contributed by atoms with Crippen LogP contribution in [0.15, 0.2) is 167 Å². The lowest BCUT2D eigenvalue weighted by Gasteiger charge is -2.25. The molecule has 0 radical (unpaired) electrons. The van der Waals surface area contributed by atoms with Crippen LogP contribution in [0, 0.1) is 0 Å². The number of para-hydroxylation sites is 2. The molecule has 10 aromatic rings. The van der Waals surface area contributed by atoms with Gasteiger partial charge in [0.25, 0.3) is 0 Å². The highest BCUT2D eigenvalue weighted by molar-refractivity contribution is 7.26. The highest BCUT2D eigenvalue weighted by Crippen LogP contribution is 2.43. The van der Waals surface area contributed by atoms with E-state index in [1.807, 2.05) is 59.9 Å². The van der Waals surface area contributed by atoms with Crippen molar-refractivity contribution in [1.29, 1.82) is 0 Å². The monoisotopic (exact) mass is 634 g/mol. The summed E-state index contributed by atoms with van der Waals surface area (Å²) in [5, 5.41) is 4.66. The smallest absolute Gasteiger partial charge is 0.227 e. The Hall–Kier alpha value is -6.17. The number of aromatic nitrogens is 1. The SMILES string of the molecule is c1ccc(-c2nc3cc4sc5c(-c6ccc(N(c7ccccc7)c7ccc8c(c7)oc7ccccc78)cc6)cccc5c4cc3o2)cc1. The lowest BCUT2D eigenvalue weighted by molar-refractivity contribution is 0.620. The van der Waals surface area contributed by atoms with Crippen LogP contribution in [0.3, 0.4) is 0 Å². The van der Waals surface area contributed by atoms with E-state index in [1.54, 1.807) is 0 Å². The van der Waals surface area contributed by atoms with Gasteiger partial charge in [-0.05, 0) is 77.9 Å². The van der Waals surface area contributed by atoms with E-state index >= 15 is 0 Å². The molecule has 0 fully saturated rings. The van der Waals surface area contributed by atoms with E-state index in [0.29, 0.717) is 5.89 Å². The van der Waals surface area contributed by atoms with Gasteiger partial charge in [0.05, 0.1) is 0 Å². The predicted molar refractivity (Wildman–Crippen MR) is 200 cm³/mol. The summed E-state index contributed by atoms with van der Waals surface area (Å²) in [6.45, 7) is 0. The Balaban J connectivity index is 1.05. The van der Waals surface area contributed by atoms with Crippen molar-refractivity contribution in [1.82, 2.24) is 4.98 Å². The molecule has 0 aliphatic rings. The fourth-order valence-corrected chi connectivity index (χ4v) is 8.07. The largest absolute Gasteiger partial charge is 0.456 e. The third-order valence-electron chi connectivity index (χ3n) is 9.10. The van der Waals surface area contributed by atoms with Crippen LogP contribution in [-0.2, 0) is 0 Å². The number of rotatable bonds is 5. The molecule has 7 aromatic carbocycles. The van der Waals surface area contributed by atoms with Crippen molar-refractivity contribution in [3.63, 3.8) is 0 Å². The Morgan fingerprint density at radius 2 is 1.17 bits per heavy atom. The van der Waals surface area contributed by atoms with Crippen LogP contribution in [0.2, 0.25) is 0 Å². The van der Waals surface area contributed by atoms with Crippen LogP contribution in [0.25, 0.3) is 75.8 Å². The van der Waals surface area contributed by atoms with Crippen molar-refractivity contribution in [2.75, 3.05) is 4.90 Å². The number of hydrogen-bond acceptors (Lipinski definition) is 5. The molecule has 0 aliphatic heterocycles. The Kier molecular flexibility index (Phi) is 6.01. The van der Waals surface area contributed by atoms with E-state index in [0.717, 1.165) is 55.7 Å². The van der Waals surface area contributed by atoms with Gasteiger partial charge in [0.2, 0.25) is 5.89 Å². The summed E-state index contributed by atoms with van der Waals surface area (Å²) in [6, 6.07) is 55.0. The maximum absolute atomic E-state index is 6.27. The van der Waals surface area contributed by atoms with Crippen molar-refractivity contribution in [3.8, 4) is 22.6 Å².